The van der Waals surface area contributed by atoms with Crippen molar-refractivity contribution >= 4 is 17.2 Å². The Morgan fingerprint density at radius 1 is 1.44 bits per heavy atom. The van der Waals surface area contributed by atoms with Crippen molar-refractivity contribution in [2.24, 2.45) is 4.40 Å². The Kier molecular flexibility index (Phi) is 4.23. The van der Waals surface area contributed by atoms with Gasteiger partial charge < -0.3 is 5.11 Å². The number of halogens is 1. The maximum Gasteiger partial charge on any atom is 0.144 e. The van der Waals surface area contributed by atoms with Crippen molar-refractivity contribution in [1.29, 1.82) is 0 Å². The predicted molar refractivity (Wildman–Crippen MR) is 64.7 cm³/mol. The van der Waals surface area contributed by atoms with Crippen molar-refractivity contribution < 1.29 is 13.7 Å². The Morgan fingerprint density at radius 3 is 2.38 bits per heavy atom. The molecule has 1 aliphatic carbocycles. The minimum absolute atomic E-state index is 0.352. The zero-order valence-electron chi connectivity index (χ0n) is 10.1. The van der Waals surface area contributed by atoms with Crippen LogP contribution in [0.5, 0.6) is 0 Å². The van der Waals surface area contributed by atoms with Crippen molar-refractivity contribution in [1.82, 2.24) is 0 Å². The molecule has 0 heterocycles. The van der Waals surface area contributed by atoms with Gasteiger partial charge in [-0.1, -0.05) is 0 Å². The number of hydrogen-bond donors (Lipinski definition) is 1. The summed E-state index contributed by atoms with van der Waals surface area (Å²) in [6.45, 7) is 5.47. The highest BCUT2D eigenvalue weighted by Crippen LogP contribution is 2.29. The second kappa shape index (κ2) is 4.92. The summed E-state index contributed by atoms with van der Waals surface area (Å²) in [7, 11) is -1.36. The van der Waals surface area contributed by atoms with Crippen LogP contribution >= 0.6 is 0 Å². The van der Waals surface area contributed by atoms with E-state index in [2.05, 4.69) is 4.40 Å². The summed E-state index contributed by atoms with van der Waals surface area (Å²) in [6, 6.07) is 0. The second-order valence-electron chi connectivity index (χ2n) is 5.37. The molecule has 0 aromatic heterocycles. The molecule has 0 aromatic rings. The molecule has 1 aliphatic rings. The van der Waals surface area contributed by atoms with E-state index in [0.717, 1.165) is 0 Å². The van der Waals surface area contributed by atoms with E-state index in [9.17, 15) is 13.7 Å². The lowest BCUT2D eigenvalue weighted by Gasteiger charge is -2.30. The van der Waals surface area contributed by atoms with Crippen LogP contribution in [0.3, 0.4) is 0 Å². The summed E-state index contributed by atoms with van der Waals surface area (Å²) < 4.78 is 28.0. The van der Waals surface area contributed by atoms with Gasteiger partial charge in [0.2, 0.25) is 0 Å². The van der Waals surface area contributed by atoms with Gasteiger partial charge in [0.15, 0.2) is 0 Å². The molecule has 0 radical (unpaired) electrons. The smallest absolute Gasteiger partial charge is 0.144 e. The normalized spacial score (nSPS) is 34.2. The SMILES string of the molecule is CC(C)(C)[S@](=O)N=CC1(O)CCC(F)CC1. The Bertz CT molecular complexity index is 291. The topological polar surface area (TPSA) is 49.7 Å². The van der Waals surface area contributed by atoms with Gasteiger partial charge in [-0.15, -0.1) is 0 Å². The molecule has 1 saturated carbocycles. The lowest BCUT2D eigenvalue weighted by Crippen LogP contribution is -2.36. The van der Waals surface area contributed by atoms with E-state index in [1.807, 2.05) is 20.8 Å². The highest BCUT2D eigenvalue weighted by molar-refractivity contribution is 7.85. The first-order valence-electron chi connectivity index (χ1n) is 5.57. The van der Waals surface area contributed by atoms with Crippen LogP contribution in [-0.4, -0.2) is 32.0 Å². The molecular formula is C11H20FNO2S. The van der Waals surface area contributed by atoms with Gasteiger partial charge in [0.05, 0.1) is 4.75 Å². The summed E-state index contributed by atoms with van der Waals surface area (Å²) >= 11 is 0. The number of aliphatic hydroxyl groups is 1. The minimum atomic E-state index is -1.36. The minimum Gasteiger partial charge on any atom is -0.384 e. The van der Waals surface area contributed by atoms with E-state index in [-0.39, 0.29) is 0 Å². The molecule has 0 unspecified atom stereocenters. The van der Waals surface area contributed by atoms with Crippen LogP contribution in [0.1, 0.15) is 46.5 Å². The molecule has 1 N–H and O–H groups in total. The highest BCUT2D eigenvalue weighted by Gasteiger charge is 2.32. The third-order valence-corrected chi connectivity index (χ3v) is 4.04. The summed E-state index contributed by atoms with van der Waals surface area (Å²) in [6.07, 6.45) is 1.95. The van der Waals surface area contributed by atoms with Crippen molar-refractivity contribution in [3.63, 3.8) is 0 Å². The molecule has 5 heteroatoms. The molecule has 0 amide bonds. The van der Waals surface area contributed by atoms with E-state index in [1.54, 1.807) is 0 Å². The van der Waals surface area contributed by atoms with Gasteiger partial charge in [-0.2, -0.15) is 4.40 Å². The van der Waals surface area contributed by atoms with Gasteiger partial charge in [0.1, 0.15) is 22.8 Å². The van der Waals surface area contributed by atoms with Gasteiger partial charge in [-0.25, -0.2) is 8.60 Å². The van der Waals surface area contributed by atoms with Crippen molar-refractivity contribution in [2.75, 3.05) is 0 Å². The number of alkyl halides is 1. The average Bonchev–Trinajstić information content (AvgIpc) is 2.18. The zero-order valence-corrected chi connectivity index (χ0v) is 10.9. The van der Waals surface area contributed by atoms with E-state index >= 15 is 0 Å². The Labute approximate surface area is 98.7 Å². The number of rotatable bonds is 2. The first kappa shape index (κ1) is 13.8. The molecule has 1 rings (SSSR count). The van der Waals surface area contributed by atoms with E-state index in [1.165, 1.54) is 6.21 Å². The van der Waals surface area contributed by atoms with E-state index in [4.69, 9.17) is 0 Å². The molecule has 3 nitrogen and oxygen atoms in total. The third-order valence-electron chi connectivity index (χ3n) is 2.69. The number of hydrogen-bond acceptors (Lipinski definition) is 2. The standard InChI is InChI=1S/C11H20FNO2S/c1-10(2,3)16(15)13-8-11(14)6-4-9(12)5-7-11/h8-9,14H,4-7H2,1-3H3/t9?,11?,16-/m0/s1. The van der Waals surface area contributed by atoms with E-state index < -0.39 is 27.5 Å². The molecule has 1 fully saturated rings. The maximum atomic E-state index is 12.9. The maximum absolute atomic E-state index is 12.9. The second-order valence-corrected chi connectivity index (χ2v) is 7.31. The molecule has 0 aliphatic heterocycles. The van der Waals surface area contributed by atoms with Crippen LogP contribution in [0.2, 0.25) is 0 Å². The number of nitrogens with zero attached hydrogens (tertiary/aromatic N) is 1. The molecule has 0 saturated heterocycles. The molecule has 1 atom stereocenters. The summed E-state index contributed by atoms with van der Waals surface area (Å²) in [5.74, 6) is 0. The van der Waals surface area contributed by atoms with Crippen LogP contribution in [0.15, 0.2) is 4.40 Å². The Balaban J connectivity index is 2.60. The molecule has 0 aromatic carbocycles. The summed E-state index contributed by atoms with van der Waals surface area (Å²) in [5.41, 5.74) is -1.07. The van der Waals surface area contributed by atoms with Crippen LogP contribution < -0.4 is 0 Å². The van der Waals surface area contributed by atoms with E-state index in [0.29, 0.717) is 25.7 Å². The molecular weight excluding hydrogens is 229 g/mol. The van der Waals surface area contributed by atoms with Crippen molar-refractivity contribution in [3.8, 4) is 0 Å². The monoisotopic (exact) mass is 249 g/mol. The van der Waals surface area contributed by atoms with Crippen LogP contribution in [0, 0.1) is 0 Å². The predicted octanol–water partition coefficient (Wildman–Crippen LogP) is 2.16. The highest BCUT2D eigenvalue weighted by atomic mass is 32.2. The van der Waals surface area contributed by atoms with Crippen molar-refractivity contribution in [3.05, 3.63) is 0 Å². The molecule has 0 spiro atoms. The molecule has 94 valence electrons. The fraction of sp³-hybridized carbons (Fsp3) is 0.909. The average molecular weight is 249 g/mol. The van der Waals surface area contributed by atoms with Crippen molar-refractivity contribution in [2.45, 2.75) is 63.0 Å². The summed E-state index contributed by atoms with van der Waals surface area (Å²) in [5, 5.41) is 10.1. The fourth-order valence-electron chi connectivity index (χ4n) is 1.52. The molecule has 0 bridgehead atoms. The van der Waals surface area contributed by atoms with Crippen LogP contribution in [-0.2, 0) is 11.0 Å². The van der Waals surface area contributed by atoms with Gasteiger partial charge in [0.25, 0.3) is 0 Å². The summed E-state index contributed by atoms with van der Waals surface area (Å²) in [4.78, 5) is 0. The third kappa shape index (κ3) is 3.94. The van der Waals surface area contributed by atoms with Gasteiger partial charge >= 0.3 is 0 Å². The lowest BCUT2D eigenvalue weighted by molar-refractivity contribution is 0.0486. The first-order valence-corrected chi connectivity index (χ1v) is 6.67. The van der Waals surface area contributed by atoms with Gasteiger partial charge in [-0.05, 0) is 46.5 Å². The fourth-order valence-corrected chi connectivity index (χ4v) is 2.12. The van der Waals surface area contributed by atoms with Gasteiger partial charge in [0, 0.05) is 6.21 Å². The quantitative estimate of drug-likeness (QED) is 0.762. The van der Waals surface area contributed by atoms with Gasteiger partial charge in [-0.3, -0.25) is 0 Å². The molecule has 16 heavy (non-hydrogen) atoms. The zero-order chi connectivity index (χ0) is 12.4. The van der Waals surface area contributed by atoms with Crippen LogP contribution in [0.4, 0.5) is 4.39 Å². The Hall–Kier alpha value is -0.290. The first-order chi connectivity index (χ1) is 7.23. The van der Waals surface area contributed by atoms with Crippen LogP contribution in [0.25, 0.3) is 0 Å². The Morgan fingerprint density at radius 2 is 1.94 bits per heavy atom. The lowest BCUT2D eigenvalue weighted by atomic mass is 9.85. The largest absolute Gasteiger partial charge is 0.384 e.